The van der Waals surface area contributed by atoms with E-state index in [0.29, 0.717) is 0 Å². The summed E-state index contributed by atoms with van der Waals surface area (Å²) in [6.45, 7) is 0.972. The van der Waals surface area contributed by atoms with Gasteiger partial charge in [0, 0.05) is 19.4 Å². The highest BCUT2D eigenvalue weighted by Gasteiger charge is 2.08. The van der Waals surface area contributed by atoms with Crippen molar-refractivity contribution in [3.63, 3.8) is 0 Å². The molecule has 98 valence electrons. The van der Waals surface area contributed by atoms with Crippen LogP contribution in [0.3, 0.4) is 0 Å². The van der Waals surface area contributed by atoms with Crippen molar-refractivity contribution >= 4 is 39.1 Å². The number of nitrogens with two attached hydrogens (primary N) is 1. The van der Waals surface area contributed by atoms with Crippen LogP contribution in [0.2, 0.25) is 0 Å². The molecular formula is C12H14N5S2+. The van der Waals surface area contributed by atoms with E-state index in [1.54, 1.807) is 29.4 Å². The smallest absolute Gasteiger partial charge is 0.236 e. The van der Waals surface area contributed by atoms with Crippen LogP contribution in [0.1, 0.15) is 0 Å². The van der Waals surface area contributed by atoms with Crippen LogP contribution in [0.4, 0.5) is 5.82 Å². The van der Waals surface area contributed by atoms with E-state index >= 15 is 0 Å². The van der Waals surface area contributed by atoms with Gasteiger partial charge in [0.1, 0.15) is 11.2 Å². The number of rotatable bonds is 5. The number of imidazole rings is 1. The zero-order valence-electron chi connectivity index (χ0n) is 10.5. The fourth-order valence-electron chi connectivity index (χ4n) is 1.81. The van der Waals surface area contributed by atoms with Gasteiger partial charge in [0.2, 0.25) is 5.82 Å². The van der Waals surface area contributed by atoms with Crippen LogP contribution >= 0.6 is 23.1 Å². The van der Waals surface area contributed by atoms with E-state index in [-0.39, 0.29) is 0 Å². The number of thioether (sulfide) groups is 1. The normalized spacial score (nSPS) is 11.2. The maximum Gasteiger partial charge on any atom is 0.236 e. The monoisotopic (exact) mass is 292 g/mol. The molecule has 0 fully saturated rings. The fraction of sp³-hybridized carbons (Fsp3) is 0.250. The second kappa shape index (κ2) is 5.68. The van der Waals surface area contributed by atoms with Crippen molar-refractivity contribution in [1.82, 2.24) is 19.5 Å². The summed E-state index contributed by atoms with van der Waals surface area (Å²) in [5, 5.41) is 6.43. The van der Waals surface area contributed by atoms with Gasteiger partial charge in [0.15, 0.2) is 5.16 Å². The van der Waals surface area contributed by atoms with Gasteiger partial charge >= 0.3 is 0 Å². The highest BCUT2D eigenvalue weighted by atomic mass is 32.2. The number of hydrogen-bond donors (Lipinski definition) is 1. The molecule has 0 bridgehead atoms. The molecule has 7 heteroatoms. The second-order valence-electron chi connectivity index (χ2n) is 4.06. The lowest BCUT2D eigenvalue weighted by atomic mass is 10.4. The van der Waals surface area contributed by atoms with Gasteiger partial charge in [-0.2, -0.15) is 4.98 Å². The molecule has 0 amide bonds. The van der Waals surface area contributed by atoms with Crippen LogP contribution in [-0.4, -0.2) is 31.8 Å². The maximum atomic E-state index is 4.34. The van der Waals surface area contributed by atoms with Crippen LogP contribution in [0.25, 0.3) is 10.2 Å². The minimum atomic E-state index is 0.972. The minimum absolute atomic E-state index is 0.972. The van der Waals surface area contributed by atoms with Gasteiger partial charge in [0.25, 0.3) is 0 Å². The molecule has 0 aliphatic rings. The Morgan fingerprint density at radius 1 is 1.37 bits per heavy atom. The van der Waals surface area contributed by atoms with Crippen molar-refractivity contribution in [3.8, 4) is 0 Å². The maximum absolute atomic E-state index is 4.34. The summed E-state index contributed by atoms with van der Waals surface area (Å²) < 4.78 is 2.03. The van der Waals surface area contributed by atoms with Crippen molar-refractivity contribution in [1.29, 1.82) is 0 Å². The SMILES string of the molecule is Cn1ccnc1SCC[NH2+]c1ncnc2sccc12. The summed E-state index contributed by atoms with van der Waals surface area (Å²) >= 11 is 3.41. The van der Waals surface area contributed by atoms with Crippen molar-refractivity contribution in [2.24, 2.45) is 7.05 Å². The van der Waals surface area contributed by atoms with Crippen LogP contribution < -0.4 is 5.32 Å². The predicted molar refractivity (Wildman–Crippen MR) is 77.8 cm³/mol. The molecule has 0 atom stereocenters. The number of quaternary nitrogens is 1. The first-order valence-electron chi connectivity index (χ1n) is 5.96. The average Bonchev–Trinajstić information content (AvgIpc) is 3.04. The van der Waals surface area contributed by atoms with Gasteiger partial charge in [-0.05, 0) is 11.4 Å². The van der Waals surface area contributed by atoms with Gasteiger partial charge in [-0.1, -0.05) is 11.8 Å². The summed E-state index contributed by atoms with van der Waals surface area (Å²) in [6, 6.07) is 2.08. The summed E-state index contributed by atoms with van der Waals surface area (Å²) in [6.07, 6.45) is 5.42. The Balaban J connectivity index is 1.58. The molecule has 0 saturated heterocycles. The Hall–Kier alpha value is -1.44. The lowest BCUT2D eigenvalue weighted by Crippen LogP contribution is -2.79. The van der Waals surface area contributed by atoms with Crippen LogP contribution in [-0.2, 0) is 7.05 Å². The van der Waals surface area contributed by atoms with E-state index in [0.717, 1.165) is 33.5 Å². The first kappa shape index (κ1) is 12.6. The Bertz CT molecular complexity index is 675. The zero-order chi connectivity index (χ0) is 13.1. The molecule has 5 nitrogen and oxygen atoms in total. The van der Waals surface area contributed by atoms with Crippen LogP contribution in [0.15, 0.2) is 35.3 Å². The molecule has 0 radical (unpaired) electrons. The Labute approximate surface area is 119 Å². The quantitative estimate of drug-likeness (QED) is 0.570. The second-order valence-corrected chi connectivity index (χ2v) is 6.02. The van der Waals surface area contributed by atoms with Crippen LogP contribution in [0, 0.1) is 0 Å². The number of hydrogen-bond acceptors (Lipinski definition) is 5. The van der Waals surface area contributed by atoms with E-state index < -0.39 is 0 Å². The third-order valence-corrected chi connectivity index (χ3v) is 4.67. The first-order chi connectivity index (χ1) is 9.34. The largest absolute Gasteiger partial charge is 0.329 e. The van der Waals surface area contributed by atoms with E-state index in [4.69, 9.17) is 0 Å². The molecule has 0 aliphatic carbocycles. The van der Waals surface area contributed by atoms with Gasteiger partial charge < -0.3 is 4.57 Å². The third-order valence-electron chi connectivity index (χ3n) is 2.76. The van der Waals surface area contributed by atoms with Crippen molar-refractivity contribution in [2.75, 3.05) is 12.3 Å². The number of nitrogens with zero attached hydrogens (tertiary/aromatic N) is 4. The highest BCUT2D eigenvalue weighted by molar-refractivity contribution is 7.99. The number of aryl methyl sites for hydroxylation is 1. The summed E-state index contributed by atoms with van der Waals surface area (Å²) in [5.41, 5.74) is 0. The molecule has 0 aliphatic heterocycles. The zero-order valence-corrected chi connectivity index (χ0v) is 12.1. The molecule has 2 N–H and O–H groups in total. The number of fused-ring (bicyclic) bond motifs is 1. The van der Waals surface area contributed by atoms with E-state index in [2.05, 4.69) is 31.7 Å². The summed E-state index contributed by atoms with van der Waals surface area (Å²) in [5.74, 6) is 2.03. The van der Waals surface area contributed by atoms with Crippen molar-refractivity contribution < 1.29 is 5.32 Å². The van der Waals surface area contributed by atoms with E-state index in [9.17, 15) is 0 Å². The van der Waals surface area contributed by atoms with E-state index in [1.165, 1.54) is 0 Å². The Kier molecular flexibility index (Phi) is 3.77. The first-order valence-corrected chi connectivity index (χ1v) is 7.82. The van der Waals surface area contributed by atoms with Crippen LogP contribution in [0.5, 0.6) is 0 Å². The fourth-order valence-corrected chi connectivity index (χ4v) is 3.37. The molecule has 3 rings (SSSR count). The lowest BCUT2D eigenvalue weighted by Gasteiger charge is -2.02. The summed E-state index contributed by atoms with van der Waals surface area (Å²) in [7, 11) is 2.01. The van der Waals surface area contributed by atoms with Gasteiger partial charge in [-0.25, -0.2) is 9.97 Å². The lowest BCUT2D eigenvalue weighted by molar-refractivity contribution is -0.568. The molecule has 3 aromatic heterocycles. The predicted octanol–water partition coefficient (Wildman–Crippen LogP) is 1.41. The highest BCUT2D eigenvalue weighted by Crippen LogP contribution is 2.20. The summed E-state index contributed by atoms with van der Waals surface area (Å²) in [4.78, 5) is 13.9. The van der Waals surface area contributed by atoms with Gasteiger partial charge in [-0.15, -0.1) is 11.3 Å². The molecule has 19 heavy (non-hydrogen) atoms. The number of thiophene rings is 1. The average molecular weight is 292 g/mol. The molecule has 3 heterocycles. The topological polar surface area (TPSA) is 60.2 Å². The molecule has 0 unspecified atom stereocenters. The van der Waals surface area contributed by atoms with E-state index in [1.807, 2.05) is 24.0 Å². The molecule has 3 aromatic rings. The van der Waals surface area contributed by atoms with Crippen molar-refractivity contribution in [3.05, 3.63) is 30.2 Å². The molecule has 0 saturated carbocycles. The van der Waals surface area contributed by atoms with Crippen molar-refractivity contribution in [2.45, 2.75) is 5.16 Å². The molecular weight excluding hydrogens is 278 g/mol. The Morgan fingerprint density at radius 2 is 2.32 bits per heavy atom. The molecule has 0 aromatic carbocycles. The minimum Gasteiger partial charge on any atom is -0.329 e. The standard InChI is InChI=1S/C12H13N5S2/c1-17-5-3-14-12(17)19-7-4-13-10-9-2-6-18-11(9)16-8-15-10/h2-3,5-6,8H,4,7H2,1H3,(H,13,15,16)/p+1. The third kappa shape index (κ3) is 2.78. The Morgan fingerprint density at radius 3 is 3.16 bits per heavy atom. The molecule has 0 spiro atoms. The van der Waals surface area contributed by atoms with Gasteiger partial charge in [-0.3, -0.25) is 5.32 Å². The number of aromatic nitrogens is 4. The van der Waals surface area contributed by atoms with Gasteiger partial charge in [0.05, 0.1) is 17.7 Å².